The van der Waals surface area contributed by atoms with Crippen LogP contribution in [0.2, 0.25) is 0 Å². The van der Waals surface area contributed by atoms with E-state index in [0.717, 1.165) is 17.5 Å². The Morgan fingerprint density at radius 1 is 1.24 bits per heavy atom. The van der Waals surface area contributed by atoms with Gasteiger partial charge in [-0.05, 0) is 36.2 Å². The fraction of sp³-hybridized carbons (Fsp3) is 0.235. The third-order valence-electron chi connectivity index (χ3n) is 3.36. The van der Waals surface area contributed by atoms with Gasteiger partial charge in [-0.1, -0.05) is 16.9 Å². The van der Waals surface area contributed by atoms with Crippen molar-refractivity contribution < 1.29 is 9.32 Å². The largest absolute Gasteiger partial charge is 0.355 e. The molecular formula is C17H17N5O2S. The van der Waals surface area contributed by atoms with Gasteiger partial charge in [0.2, 0.25) is 17.6 Å². The number of pyridine rings is 2. The van der Waals surface area contributed by atoms with Crippen molar-refractivity contribution in [2.75, 3.05) is 12.3 Å². The van der Waals surface area contributed by atoms with E-state index < -0.39 is 0 Å². The van der Waals surface area contributed by atoms with Crippen LogP contribution in [0.3, 0.4) is 0 Å². The van der Waals surface area contributed by atoms with Gasteiger partial charge in [0.25, 0.3) is 0 Å². The molecule has 0 spiro atoms. The highest BCUT2D eigenvalue weighted by Gasteiger charge is 2.13. The first-order valence-electron chi connectivity index (χ1n) is 7.76. The zero-order valence-corrected chi connectivity index (χ0v) is 14.5. The molecule has 0 atom stereocenters. The maximum atomic E-state index is 12.0. The van der Waals surface area contributed by atoms with E-state index >= 15 is 0 Å². The Kier molecular flexibility index (Phi) is 5.73. The minimum absolute atomic E-state index is 0.0417. The quantitative estimate of drug-likeness (QED) is 0.650. The lowest BCUT2D eigenvalue weighted by Gasteiger charge is -2.06. The van der Waals surface area contributed by atoms with Crippen LogP contribution < -0.4 is 5.32 Å². The smallest absolute Gasteiger partial charge is 0.230 e. The predicted octanol–water partition coefficient (Wildman–Crippen LogP) is 2.29. The third kappa shape index (κ3) is 4.87. The summed E-state index contributed by atoms with van der Waals surface area (Å²) in [6, 6.07) is 7.54. The van der Waals surface area contributed by atoms with Crippen LogP contribution in [0.4, 0.5) is 0 Å². The van der Waals surface area contributed by atoms with E-state index in [-0.39, 0.29) is 11.7 Å². The van der Waals surface area contributed by atoms with Crippen molar-refractivity contribution in [2.45, 2.75) is 18.4 Å². The molecule has 0 aliphatic heterocycles. The van der Waals surface area contributed by atoms with Gasteiger partial charge in [0.05, 0.1) is 11.3 Å². The van der Waals surface area contributed by atoms with Crippen LogP contribution in [0, 0.1) is 6.92 Å². The number of nitrogens with zero attached hydrogens (tertiary/aromatic N) is 4. The van der Waals surface area contributed by atoms with E-state index in [1.54, 1.807) is 31.6 Å². The van der Waals surface area contributed by atoms with E-state index in [1.807, 2.05) is 18.2 Å². The van der Waals surface area contributed by atoms with Crippen molar-refractivity contribution in [1.29, 1.82) is 0 Å². The highest BCUT2D eigenvalue weighted by Crippen LogP contribution is 2.27. The zero-order chi connectivity index (χ0) is 17.5. The third-order valence-corrected chi connectivity index (χ3v) is 4.37. The molecule has 128 valence electrons. The van der Waals surface area contributed by atoms with E-state index in [0.29, 0.717) is 23.3 Å². The van der Waals surface area contributed by atoms with Gasteiger partial charge in [0.1, 0.15) is 5.03 Å². The molecule has 3 rings (SSSR count). The van der Waals surface area contributed by atoms with Gasteiger partial charge in [-0.3, -0.25) is 9.78 Å². The maximum absolute atomic E-state index is 12.0. The van der Waals surface area contributed by atoms with Gasteiger partial charge in [0.15, 0.2) is 0 Å². The Morgan fingerprint density at radius 2 is 2.08 bits per heavy atom. The predicted molar refractivity (Wildman–Crippen MR) is 93.9 cm³/mol. The molecule has 1 amide bonds. The summed E-state index contributed by atoms with van der Waals surface area (Å²) >= 11 is 1.35. The molecule has 8 heteroatoms. The van der Waals surface area contributed by atoms with E-state index in [4.69, 9.17) is 4.52 Å². The number of amides is 1. The summed E-state index contributed by atoms with van der Waals surface area (Å²) in [5.74, 6) is 1.20. The minimum atomic E-state index is -0.0417. The Morgan fingerprint density at radius 3 is 2.84 bits per heavy atom. The maximum Gasteiger partial charge on any atom is 0.230 e. The monoisotopic (exact) mass is 355 g/mol. The minimum Gasteiger partial charge on any atom is -0.355 e. The number of nitrogens with one attached hydrogen (secondary N) is 1. The normalized spacial score (nSPS) is 10.6. The fourth-order valence-electron chi connectivity index (χ4n) is 2.17. The lowest BCUT2D eigenvalue weighted by molar-refractivity contribution is -0.118. The second kappa shape index (κ2) is 8.39. The summed E-state index contributed by atoms with van der Waals surface area (Å²) in [4.78, 5) is 24.5. The first-order valence-corrected chi connectivity index (χ1v) is 8.75. The molecule has 0 aromatic carbocycles. The molecule has 1 N–H and O–H groups in total. The van der Waals surface area contributed by atoms with Crippen molar-refractivity contribution in [2.24, 2.45) is 0 Å². The molecule has 3 heterocycles. The molecule has 0 bridgehead atoms. The summed E-state index contributed by atoms with van der Waals surface area (Å²) < 4.78 is 5.01. The fourth-order valence-corrected chi connectivity index (χ4v) is 2.99. The lowest BCUT2D eigenvalue weighted by atomic mass is 10.2. The van der Waals surface area contributed by atoms with Crippen molar-refractivity contribution in [3.05, 3.63) is 54.3 Å². The van der Waals surface area contributed by atoms with Crippen LogP contribution in [0.1, 0.15) is 11.5 Å². The molecule has 0 aliphatic carbocycles. The van der Waals surface area contributed by atoms with E-state index in [1.165, 1.54) is 11.8 Å². The highest BCUT2D eigenvalue weighted by atomic mass is 32.2. The van der Waals surface area contributed by atoms with E-state index in [2.05, 4.69) is 25.4 Å². The standard InChI is InChI=1S/C17H17N5O2S/c1-12-21-16(22-24-12)14-3-2-7-20-17(14)25-11-15(23)19-10-6-13-4-8-18-9-5-13/h2-5,7-9H,6,10-11H2,1H3,(H,19,23). The average molecular weight is 355 g/mol. The molecule has 0 radical (unpaired) electrons. The van der Waals surface area contributed by atoms with Crippen LogP contribution >= 0.6 is 11.8 Å². The summed E-state index contributed by atoms with van der Waals surface area (Å²) in [5.41, 5.74) is 1.90. The van der Waals surface area contributed by atoms with Gasteiger partial charge in [-0.15, -0.1) is 0 Å². The molecular weight excluding hydrogens is 338 g/mol. The Labute approximate surface area is 149 Å². The van der Waals surface area contributed by atoms with Crippen LogP contribution in [0.15, 0.2) is 52.4 Å². The number of carbonyl (C=O) groups excluding carboxylic acids is 1. The molecule has 0 saturated carbocycles. The Hall–Kier alpha value is -2.74. The topological polar surface area (TPSA) is 93.8 Å². The van der Waals surface area contributed by atoms with Gasteiger partial charge >= 0.3 is 0 Å². The highest BCUT2D eigenvalue weighted by molar-refractivity contribution is 8.00. The number of thioether (sulfide) groups is 1. The number of aromatic nitrogens is 4. The molecule has 7 nitrogen and oxygen atoms in total. The van der Waals surface area contributed by atoms with Crippen LogP contribution in [-0.2, 0) is 11.2 Å². The molecule has 0 unspecified atom stereocenters. The average Bonchev–Trinajstić information content (AvgIpc) is 3.07. The molecule has 25 heavy (non-hydrogen) atoms. The lowest BCUT2D eigenvalue weighted by Crippen LogP contribution is -2.27. The number of hydrogen-bond acceptors (Lipinski definition) is 7. The van der Waals surface area contributed by atoms with Crippen LogP contribution in [0.25, 0.3) is 11.4 Å². The molecule has 0 aliphatic rings. The number of hydrogen-bond donors (Lipinski definition) is 1. The van der Waals surface area contributed by atoms with Crippen molar-refractivity contribution in [3.63, 3.8) is 0 Å². The van der Waals surface area contributed by atoms with Crippen molar-refractivity contribution in [3.8, 4) is 11.4 Å². The summed E-state index contributed by atoms with van der Waals surface area (Å²) in [6.45, 7) is 2.32. The van der Waals surface area contributed by atoms with Crippen molar-refractivity contribution >= 4 is 17.7 Å². The zero-order valence-electron chi connectivity index (χ0n) is 13.7. The number of carbonyl (C=O) groups is 1. The van der Waals surface area contributed by atoms with Crippen LogP contribution in [-0.4, -0.2) is 38.3 Å². The molecule has 0 fully saturated rings. The molecule has 0 saturated heterocycles. The molecule has 3 aromatic rings. The van der Waals surface area contributed by atoms with E-state index in [9.17, 15) is 4.79 Å². The Bertz CT molecular complexity index is 838. The summed E-state index contributed by atoms with van der Waals surface area (Å²) in [7, 11) is 0. The second-order valence-corrected chi connectivity index (χ2v) is 6.20. The van der Waals surface area contributed by atoms with Crippen LogP contribution in [0.5, 0.6) is 0 Å². The summed E-state index contributed by atoms with van der Waals surface area (Å²) in [6.07, 6.45) is 5.94. The number of aryl methyl sites for hydroxylation is 1. The van der Waals surface area contributed by atoms with Gasteiger partial charge in [-0.25, -0.2) is 4.98 Å². The van der Waals surface area contributed by atoms with Gasteiger partial charge < -0.3 is 9.84 Å². The van der Waals surface area contributed by atoms with Gasteiger partial charge in [-0.2, -0.15) is 4.98 Å². The number of rotatable bonds is 7. The second-order valence-electron chi connectivity index (χ2n) is 5.24. The van der Waals surface area contributed by atoms with Crippen molar-refractivity contribution in [1.82, 2.24) is 25.4 Å². The Balaban J connectivity index is 1.52. The first-order chi connectivity index (χ1) is 12.2. The summed E-state index contributed by atoms with van der Waals surface area (Å²) in [5, 5.41) is 7.52. The molecule has 3 aromatic heterocycles. The van der Waals surface area contributed by atoms with Gasteiger partial charge in [0, 0.05) is 32.1 Å². The SMILES string of the molecule is Cc1nc(-c2cccnc2SCC(=O)NCCc2ccncc2)no1. The first kappa shape index (κ1) is 17.1.